The molecule has 0 amide bonds. The predicted octanol–water partition coefficient (Wildman–Crippen LogP) is 3.13. The molecule has 0 bridgehead atoms. The second-order valence-corrected chi connectivity index (χ2v) is 3.06. The molecule has 1 aromatic carbocycles. The van der Waals surface area contributed by atoms with Gasteiger partial charge in [-0.25, -0.2) is 0 Å². The molecule has 0 saturated heterocycles. The predicted molar refractivity (Wildman–Crippen MR) is 54.6 cm³/mol. The van der Waals surface area contributed by atoms with Gasteiger partial charge in [-0.1, -0.05) is 12.1 Å². The zero-order valence-electron chi connectivity index (χ0n) is 7.94. The topological polar surface area (TPSA) is 44.5 Å². The number of hydrogen-bond donors (Lipinski definition) is 0. The first kappa shape index (κ1) is 9.86. The summed E-state index contributed by atoms with van der Waals surface area (Å²) in [6, 6.07) is 7.19. The Morgan fingerprint density at radius 1 is 1.27 bits per heavy atom. The Hall–Kier alpha value is -1.68. The largest absolute Gasteiger partial charge is 0.493 e. The lowest BCUT2D eigenvalue weighted by molar-refractivity contribution is 0.311. The van der Waals surface area contributed by atoms with E-state index in [1.54, 1.807) is 19.2 Å². The van der Waals surface area contributed by atoms with E-state index in [0.717, 1.165) is 0 Å². The maximum Gasteiger partial charge on any atom is 0.400 e. The molecule has 0 aliphatic heterocycles. The number of para-hydroxylation sites is 2. The Morgan fingerprint density at radius 2 is 2.00 bits per heavy atom. The molecule has 0 spiro atoms. The molecule has 0 N–H and O–H groups in total. The number of oxazole rings is 1. The molecule has 1 aromatic heterocycles. The average Bonchev–Trinajstić information content (AvgIpc) is 2.65. The van der Waals surface area contributed by atoms with E-state index in [9.17, 15) is 0 Å². The smallest absolute Gasteiger partial charge is 0.400 e. The number of halogens is 1. The standard InChI is InChI=1S/C10H8ClNO3/c1-13-7-4-2-3-5-8(7)14-10-12-6-9(11)15-10/h2-6H,1H3. The van der Waals surface area contributed by atoms with Crippen LogP contribution in [0.1, 0.15) is 0 Å². The molecule has 1 heterocycles. The molecule has 0 unspecified atom stereocenters. The fourth-order valence-corrected chi connectivity index (χ4v) is 1.20. The highest BCUT2D eigenvalue weighted by Gasteiger charge is 2.08. The van der Waals surface area contributed by atoms with Crippen LogP contribution in [0.2, 0.25) is 5.22 Å². The molecule has 0 fully saturated rings. The first-order valence-corrected chi connectivity index (χ1v) is 4.59. The molecular weight excluding hydrogens is 218 g/mol. The van der Waals surface area contributed by atoms with Gasteiger partial charge in [0.1, 0.15) is 0 Å². The van der Waals surface area contributed by atoms with Crippen molar-refractivity contribution in [3.63, 3.8) is 0 Å². The van der Waals surface area contributed by atoms with Crippen molar-refractivity contribution in [3.05, 3.63) is 35.7 Å². The van der Waals surface area contributed by atoms with Crippen molar-refractivity contribution in [3.8, 4) is 17.6 Å². The van der Waals surface area contributed by atoms with Crippen LogP contribution in [0.4, 0.5) is 0 Å². The number of hydrogen-bond acceptors (Lipinski definition) is 4. The van der Waals surface area contributed by atoms with Gasteiger partial charge in [-0.15, -0.1) is 0 Å². The molecule has 4 nitrogen and oxygen atoms in total. The van der Waals surface area contributed by atoms with E-state index in [4.69, 9.17) is 25.5 Å². The third-order valence-corrected chi connectivity index (χ3v) is 1.90. The number of ether oxygens (including phenoxy) is 2. The fraction of sp³-hybridized carbons (Fsp3) is 0.100. The molecule has 0 atom stereocenters. The number of nitrogens with zero attached hydrogens (tertiary/aromatic N) is 1. The Morgan fingerprint density at radius 3 is 2.60 bits per heavy atom. The van der Waals surface area contributed by atoms with E-state index in [1.807, 2.05) is 12.1 Å². The number of methoxy groups -OCH3 is 1. The summed E-state index contributed by atoms with van der Waals surface area (Å²) in [5.41, 5.74) is 0. The van der Waals surface area contributed by atoms with Gasteiger partial charge in [-0.3, -0.25) is 0 Å². The Labute approximate surface area is 91.4 Å². The van der Waals surface area contributed by atoms with Crippen LogP contribution >= 0.6 is 11.6 Å². The van der Waals surface area contributed by atoms with Crippen molar-refractivity contribution in [2.45, 2.75) is 0 Å². The summed E-state index contributed by atoms with van der Waals surface area (Å²) in [7, 11) is 1.56. The van der Waals surface area contributed by atoms with Crippen LogP contribution in [-0.2, 0) is 0 Å². The van der Waals surface area contributed by atoms with Gasteiger partial charge in [0.25, 0.3) is 0 Å². The van der Waals surface area contributed by atoms with Crippen LogP contribution in [0.5, 0.6) is 17.6 Å². The van der Waals surface area contributed by atoms with Crippen molar-refractivity contribution < 1.29 is 13.9 Å². The van der Waals surface area contributed by atoms with Gasteiger partial charge in [0.2, 0.25) is 5.22 Å². The van der Waals surface area contributed by atoms with Crippen LogP contribution in [0, 0.1) is 0 Å². The normalized spacial score (nSPS) is 10.0. The third kappa shape index (κ3) is 2.22. The Kier molecular flexibility index (Phi) is 2.78. The van der Waals surface area contributed by atoms with Gasteiger partial charge in [0.15, 0.2) is 11.5 Å². The van der Waals surface area contributed by atoms with E-state index in [1.165, 1.54) is 6.20 Å². The highest BCUT2D eigenvalue weighted by molar-refractivity contribution is 6.28. The molecule has 0 aliphatic carbocycles. The summed E-state index contributed by atoms with van der Waals surface area (Å²) in [5, 5.41) is 0.180. The van der Waals surface area contributed by atoms with Crippen LogP contribution in [0.15, 0.2) is 34.9 Å². The van der Waals surface area contributed by atoms with Gasteiger partial charge >= 0.3 is 6.08 Å². The van der Waals surface area contributed by atoms with Crippen molar-refractivity contribution in [1.29, 1.82) is 0 Å². The molecule has 78 valence electrons. The molecule has 5 heteroatoms. The Bertz CT molecular complexity index is 455. The minimum absolute atomic E-state index is 0.0875. The highest BCUT2D eigenvalue weighted by Crippen LogP contribution is 2.30. The summed E-state index contributed by atoms with van der Waals surface area (Å²) in [6.45, 7) is 0. The minimum atomic E-state index is 0.0875. The fourth-order valence-electron chi connectivity index (χ4n) is 1.08. The van der Waals surface area contributed by atoms with Gasteiger partial charge in [0.05, 0.1) is 13.3 Å². The number of rotatable bonds is 3. The second-order valence-electron chi connectivity index (χ2n) is 2.68. The quantitative estimate of drug-likeness (QED) is 0.805. The maximum absolute atomic E-state index is 5.56. The SMILES string of the molecule is COc1ccccc1Oc1ncc(Cl)o1. The van der Waals surface area contributed by atoms with Gasteiger partial charge < -0.3 is 13.9 Å². The van der Waals surface area contributed by atoms with Crippen molar-refractivity contribution in [1.82, 2.24) is 4.98 Å². The minimum Gasteiger partial charge on any atom is -0.493 e. The summed E-state index contributed by atoms with van der Waals surface area (Å²) in [5.74, 6) is 1.13. The number of aromatic nitrogens is 1. The lowest BCUT2D eigenvalue weighted by atomic mass is 10.3. The summed E-state index contributed by atoms with van der Waals surface area (Å²) < 4.78 is 15.4. The van der Waals surface area contributed by atoms with E-state index in [2.05, 4.69) is 4.98 Å². The summed E-state index contributed by atoms with van der Waals surface area (Å²) >= 11 is 5.56. The molecule has 2 aromatic rings. The van der Waals surface area contributed by atoms with E-state index < -0.39 is 0 Å². The summed E-state index contributed by atoms with van der Waals surface area (Å²) in [6.07, 6.45) is 1.45. The molecular formula is C10H8ClNO3. The zero-order chi connectivity index (χ0) is 10.7. The van der Waals surface area contributed by atoms with Gasteiger partial charge in [-0.05, 0) is 23.7 Å². The summed E-state index contributed by atoms with van der Waals surface area (Å²) in [4.78, 5) is 3.81. The molecule has 0 saturated carbocycles. The second kappa shape index (κ2) is 4.23. The Balaban J connectivity index is 2.23. The lowest BCUT2D eigenvalue weighted by Crippen LogP contribution is -1.89. The van der Waals surface area contributed by atoms with Gasteiger partial charge in [-0.2, -0.15) is 4.98 Å². The van der Waals surface area contributed by atoms with Crippen LogP contribution in [-0.4, -0.2) is 12.1 Å². The van der Waals surface area contributed by atoms with Crippen molar-refractivity contribution >= 4 is 11.6 Å². The zero-order valence-corrected chi connectivity index (χ0v) is 8.69. The highest BCUT2D eigenvalue weighted by atomic mass is 35.5. The first-order chi connectivity index (χ1) is 7.29. The van der Waals surface area contributed by atoms with Crippen LogP contribution in [0.25, 0.3) is 0 Å². The lowest BCUT2D eigenvalue weighted by Gasteiger charge is -2.05. The molecule has 15 heavy (non-hydrogen) atoms. The van der Waals surface area contributed by atoms with E-state index >= 15 is 0 Å². The van der Waals surface area contributed by atoms with Crippen LogP contribution in [0.3, 0.4) is 0 Å². The monoisotopic (exact) mass is 225 g/mol. The third-order valence-electron chi connectivity index (χ3n) is 1.72. The number of benzene rings is 1. The van der Waals surface area contributed by atoms with E-state index in [0.29, 0.717) is 11.5 Å². The average molecular weight is 226 g/mol. The molecule has 0 aliphatic rings. The van der Waals surface area contributed by atoms with Gasteiger partial charge in [0, 0.05) is 0 Å². The van der Waals surface area contributed by atoms with E-state index in [-0.39, 0.29) is 11.3 Å². The van der Waals surface area contributed by atoms with Crippen LogP contribution < -0.4 is 9.47 Å². The molecule has 2 rings (SSSR count). The molecule has 0 radical (unpaired) electrons. The van der Waals surface area contributed by atoms with Crippen molar-refractivity contribution in [2.24, 2.45) is 0 Å². The first-order valence-electron chi connectivity index (χ1n) is 4.22. The van der Waals surface area contributed by atoms with Crippen molar-refractivity contribution in [2.75, 3.05) is 7.11 Å². The maximum atomic E-state index is 5.56.